The third-order valence-corrected chi connectivity index (χ3v) is 3.99. The highest BCUT2D eigenvalue weighted by Crippen LogP contribution is 2.24. The van der Waals surface area contributed by atoms with E-state index in [9.17, 15) is 20.0 Å². The third kappa shape index (κ3) is 4.73. The number of amides is 2. The molecule has 0 aromatic heterocycles. The Morgan fingerprint density at radius 3 is 2.15 bits per heavy atom. The van der Waals surface area contributed by atoms with Gasteiger partial charge in [-0.1, -0.05) is 0 Å². The molecule has 0 fully saturated rings. The molecule has 138 valence electrons. The summed E-state index contributed by atoms with van der Waals surface area (Å²) in [6, 6.07) is 11.7. The highest BCUT2D eigenvalue weighted by Gasteiger charge is 2.12. The van der Waals surface area contributed by atoms with E-state index in [0.717, 1.165) is 0 Å². The van der Waals surface area contributed by atoms with E-state index in [0.29, 0.717) is 27.9 Å². The van der Waals surface area contributed by atoms with Crippen LogP contribution in [0.15, 0.2) is 42.0 Å². The van der Waals surface area contributed by atoms with Crippen LogP contribution in [-0.2, 0) is 4.79 Å². The molecule has 0 aliphatic rings. The summed E-state index contributed by atoms with van der Waals surface area (Å²) >= 11 is 0. The lowest BCUT2D eigenvalue weighted by Gasteiger charge is -2.11. The lowest BCUT2D eigenvalue weighted by molar-refractivity contribution is -0.112. The van der Waals surface area contributed by atoms with E-state index in [1.165, 1.54) is 11.0 Å². The van der Waals surface area contributed by atoms with Gasteiger partial charge in [-0.25, -0.2) is 0 Å². The van der Waals surface area contributed by atoms with Crippen LogP contribution in [-0.4, -0.2) is 35.9 Å². The van der Waals surface area contributed by atoms with Gasteiger partial charge in [0.2, 0.25) is 0 Å². The lowest BCUT2D eigenvalue weighted by Crippen LogP contribution is -2.21. The summed E-state index contributed by atoms with van der Waals surface area (Å²) in [4.78, 5) is 25.7. The van der Waals surface area contributed by atoms with Crippen molar-refractivity contribution in [3.63, 3.8) is 0 Å². The molecule has 0 aliphatic carbocycles. The van der Waals surface area contributed by atoms with Crippen molar-refractivity contribution in [1.82, 2.24) is 4.90 Å². The number of aryl methyl sites for hydroxylation is 2. The zero-order valence-electron chi connectivity index (χ0n) is 15.7. The number of nitrogens with one attached hydrogen (secondary N) is 1. The van der Waals surface area contributed by atoms with Crippen molar-refractivity contribution >= 4 is 23.6 Å². The largest absolute Gasteiger partial charge is 0.507 e. The van der Waals surface area contributed by atoms with Crippen molar-refractivity contribution in [2.75, 3.05) is 19.4 Å². The smallest absolute Gasteiger partial charge is 0.266 e. The van der Waals surface area contributed by atoms with Crippen LogP contribution in [0.2, 0.25) is 0 Å². The fourth-order valence-corrected chi connectivity index (χ4v) is 2.54. The third-order valence-electron chi connectivity index (χ3n) is 3.99. The topological polar surface area (TPSA) is 93.4 Å². The van der Waals surface area contributed by atoms with Crippen molar-refractivity contribution < 1.29 is 14.7 Å². The number of hydrogen-bond donors (Lipinski definition) is 2. The molecule has 2 aromatic carbocycles. The van der Waals surface area contributed by atoms with Crippen LogP contribution in [0.5, 0.6) is 5.75 Å². The zero-order chi connectivity index (χ0) is 20.1. The number of aromatic hydroxyl groups is 1. The van der Waals surface area contributed by atoms with E-state index in [1.54, 1.807) is 64.3 Å². The second-order valence-electron chi connectivity index (χ2n) is 6.40. The maximum absolute atomic E-state index is 12.4. The summed E-state index contributed by atoms with van der Waals surface area (Å²) in [5.41, 5.74) is 2.91. The SMILES string of the molecule is Cc1cc(/C=C(/C#N)C(=O)Nc2ccc(C(=O)N(C)C)cc2)cc(C)c1O. The van der Waals surface area contributed by atoms with Gasteiger partial charge in [-0.3, -0.25) is 9.59 Å². The lowest BCUT2D eigenvalue weighted by atomic mass is 10.0. The van der Waals surface area contributed by atoms with Crippen molar-refractivity contribution in [3.8, 4) is 11.8 Å². The minimum Gasteiger partial charge on any atom is -0.507 e. The number of benzene rings is 2. The highest BCUT2D eigenvalue weighted by molar-refractivity contribution is 6.09. The highest BCUT2D eigenvalue weighted by atomic mass is 16.3. The van der Waals surface area contributed by atoms with E-state index in [4.69, 9.17) is 0 Å². The number of hydrogen-bond acceptors (Lipinski definition) is 4. The monoisotopic (exact) mass is 363 g/mol. The summed E-state index contributed by atoms with van der Waals surface area (Å²) in [6.07, 6.45) is 1.47. The molecule has 0 radical (unpaired) electrons. The molecular weight excluding hydrogens is 342 g/mol. The van der Waals surface area contributed by atoms with Crippen LogP contribution in [0.25, 0.3) is 6.08 Å². The predicted octanol–water partition coefficient (Wildman–Crippen LogP) is 3.26. The van der Waals surface area contributed by atoms with E-state index in [-0.39, 0.29) is 17.2 Å². The number of nitrogens with zero attached hydrogens (tertiary/aromatic N) is 2. The molecule has 2 aromatic rings. The zero-order valence-corrected chi connectivity index (χ0v) is 15.7. The molecule has 0 heterocycles. The molecule has 0 saturated heterocycles. The van der Waals surface area contributed by atoms with E-state index < -0.39 is 5.91 Å². The molecule has 2 N–H and O–H groups in total. The molecule has 0 atom stereocenters. The number of phenols is 1. The summed E-state index contributed by atoms with van der Waals surface area (Å²) < 4.78 is 0. The molecule has 6 nitrogen and oxygen atoms in total. The molecule has 2 rings (SSSR count). The van der Waals surface area contributed by atoms with Crippen LogP contribution in [0.1, 0.15) is 27.0 Å². The molecule has 2 amide bonds. The first kappa shape index (κ1) is 19.7. The molecule has 0 spiro atoms. The Morgan fingerprint density at radius 1 is 1.11 bits per heavy atom. The van der Waals surface area contributed by atoms with Gasteiger partial charge in [0.05, 0.1) is 0 Å². The average molecular weight is 363 g/mol. The summed E-state index contributed by atoms with van der Waals surface area (Å²) in [7, 11) is 3.32. The first-order valence-electron chi connectivity index (χ1n) is 8.28. The maximum Gasteiger partial charge on any atom is 0.266 e. The minimum absolute atomic E-state index is 0.0621. The predicted molar refractivity (Wildman–Crippen MR) is 104 cm³/mol. The maximum atomic E-state index is 12.4. The number of anilines is 1. The summed E-state index contributed by atoms with van der Waals surface area (Å²) in [5.74, 6) is -0.487. The first-order chi connectivity index (χ1) is 12.7. The van der Waals surface area contributed by atoms with E-state index >= 15 is 0 Å². The Balaban J connectivity index is 2.20. The van der Waals surface area contributed by atoms with Gasteiger partial charge in [0, 0.05) is 25.3 Å². The number of rotatable bonds is 4. The summed E-state index contributed by atoms with van der Waals surface area (Å²) in [6.45, 7) is 3.50. The Labute approximate surface area is 158 Å². The van der Waals surface area contributed by atoms with Crippen molar-refractivity contribution in [2.45, 2.75) is 13.8 Å². The fraction of sp³-hybridized carbons (Fsp3) is 0.190. The second kappa shape index (κ2) is 8.19. The van der Waals surface area contributed by atoms with Crippen LogP contribution in [0, 0.1) is 25.2 Å². The number of carbonyl (C=O) groups is 2. The minimum atomic E-state index is -0.549. The van der Waals surface area contributed by atoms with Gasteiger partial charge in [-0.2, -0.15) is 5.26 Å². The normalized spacial score (nSPS) is 10.9. The van der Waals surface area contributed by atoms with E-state index in [1.807, 2.05) is 6.07 Å². The Bertz CT molecular complexity index is 929. The van der Waals surface area contributed by atoms with Gasteiger partial charge in [0.1, 0.15) is 17.4 Å². The van der Waals surface area contributed by atoms with Crippen LogP contribution < -0.4 is 5.32 Å². The Kier molecular flexibility index (Phi) is 5.99. The van der Waals surface area contributed by atoms with Gasteiger partial charge in [0.15, 0.2) is 0 Å². The standard InChI is InChI=1S/C21H21N3O3/c1-13-9-15(10-14(2)19(13)25)11-17(12-22)20(26)23-18-7-5-16(6-8-18)21(27)24(3)4/h5-11,25H,1-4H3,(H,23,26)/b17-11-. The molecule has 0 saturated carbocycles. The molecular formula is C21H21N3O3. The van der Waals surface area contributed by atoms with Gasteiger partial charge >= 0.3 is 0 Å². The number of phenolic OH excluding ortho intramolecular Hbond substituents is 1. The quantitative estimate of drug-likeness (QED) is 0.644. The molecule has 0 bridgehead atoms. The molecule has 0 aliphatic heterocycles. The second-order valence-corrected chi connectivity index (χ2v) is 6.40. The van der Waals surface area contributed by atoms with Gasteiger partial charge in [-0.15, -0.1) is 0 Å². The van der Waals surface area contributed by atoms with Crippen molar-refractivity contribution in [2.24, 2.45) is 0 Å². The molecule has 6 heteroatoms. The Hall–Kier alpha value is -3.59. The van der Waals surface area contributed by atoms with Crippen LogP contribution in [0.3, 0.4) is 0 Å². The van der Waals surface area contributed by atoms with Crippen LogP contribution >= 0.6 is 0 Å². The van der Waals surface area contributed by atoms with Gasteiger partial charge in [-0.05, 0) is 73.0 Å². The molecule has 27 heavy (non-hydrogen) atoms. The average Bonchev–Trinajstić information content (AvgIpc) is 2.63. The van der Waals surface area contributed by atoms with E-state index in [2.05, 4.69) is 5.32 Å². The fourth-order valence-electron chi connectivity index (χ4n) is 2.54. The van der Waals surface area contributed by atoms with Gasteiger partial charge < -0.3 is 15.3 Å². The number of nitriles is 1. The number of carbonyl (C=O) groups excluding carboxylic acids is 2. The Morgan fingerprint density at radius 2 is 1.67 bits per heavy atom. The van der Waals surface area contributed by atoms with Crippen molar-refractivity contribution in [3.05, 3.63) is 64.2 Å². The first-order valence-corrected chi connectivity index (χ1v) is 8.28. The van der Waals surface area contributed by atoms with Gasteiger partial charge in [0.25, 0.3) is 11.8 Å². The molecule has 0 unspecified atom stereocenters. The van der Waals surface area contributed by atoms with Crippen molar-refractivity contribution in [1.29, 1.82) is 5.26 Å². The summed E-state index contributed by atoms with van der Waals surface area (Å²) in [5, 5.41) is 21.8. The van der Waals surface area contributed by atoms with Crippen LogP contribution in [0.4, 0.5) is 5.69 Å².